The number of rotatable bonds is 11. The molecule has 0 saturated heterocycles. The summed E-state index contributed by atoms with van der Waals surface area (Å²) in [5, 5.41) is 8.62. The summed E-state index contributed by atoms with van der Waals surface area (Å²) in [4.78, 5) is 40.8. The van der Waals surface area contributed by atoms with E-state index in [1.807, 2.05) is 73.7 Å². The highest BCUT2D eigenvalue weighted by atomic mass is 35.5. The molecule has 5 aromatic carbocycles. The summed E-state index contributed by atoms with van der Waals surface area (Å²) in [6, 6.07) is 37.9. The quantitative estimate of drug-likeness (QED) is 0.0974. The predicted octanol–water partition coefficient (Wildman–Crippen LogP) is 8.54. The van der Waals surface area contributed by atoms with E-state index in [2.05, 4.69) is 16.0 Å². The third kappa shape index (κ3) is 9.13. The van der Waals surface area contributed by atoms with Crippen LogP contribution in [0.3, 0.4) is 0 Å². The minimum absolute atomic E-state index is 0.0579. The highest BCUT2D eigenvalue weighted by Gasteiger charge is 2.23. The van der Waals surface area contributed by atoms with Crippen molar-refractivity contribution in [1.82, 2.24) is 5.32 Å². The molecule has 0 saturated carbocycles. The second kappa shape index (κ2) is 15.8. The molecule has 3 amide bonds. The molecule has 9 heteroatoms. The number of methoxy groups -OCH3 is 1. The van der Waals surface area contributed by atoms with Crippen molar-refractivity contribution in [3.05, 3.63) is 160 Å². The molecule has 236 valence electrons. The Morgan fingerprint density at radius 3 is 2.13 bits per heavy atom. The van der Waals surface area contributed by atoms with Gasteiger partial charge in [0.2, 0.25) is 5.91 Å². The molecule has 0 aliphatic rings. The SMILES string of the molecule is COc1cccc(/C=C(\NC(=O)c2ccccc2)C(=O)Nc2ccc(SC(C(=O)Nc3ccc(C)c(Cl)c3)c3ccccc3)cc2)c1. The number of hydrogen-bond acceptors (Lipinski definition) is 5. The Bertz CT molecular complexity index is 1900. The van der Waals surface area contributed by atoms with E-state index in [0.29, 0.717) is 33.3 Å². The molecule has 0 aliphatic heterocycles. The van der Waals surface area contributed by atoms with Crippen molar-refractivity contribution < 1.29 is 19.1 Å². The predicted molar refractivity (Wildman–Crippen MR) is 190 cm³/mol. The van der Waals surface area contributed by atoms with Crippen LogP contribution in [0, 0.1) is 6.92 Å². The number of benzene rings is 5. The number of ether oxygens (including phenoxy) is 1. The first-order valence-electron chi connectivity index (χ1n) is 14.7. The smallest absolute Gasteiger partial charge is 0.272 e. The number of anilines is 2. The van der Waals surface area contributed by atoms with Gasteiger partial charge in [0.05, 0.1) is 7.11 Å². The van der Waals surface area contributed by atoms with E-state index in [1.54, 1.807) is 73.8 Å². The standard InChI is InChI=1S/C38H32ClN3O4S/c1-25-16-17-30(24-33(25)39)41-38(45)35(27-11-5-3-6-12-27)47-32-20-18-29(19-21-32)40-37(44)34(23-26-10-9-15-31(22-26)46-2)42-36(43)28-13-7-4-8-14-28/h3-24,35H,1-2H3,(H,40,44)(H,41,45)(H,42,43)/b34-23-. The van der Waals surface area contributed by atoms with E-state index >= 15 is 0 Å². The van der Waals surface area contributed by atoms with E-state index in [0.717, 1.165) is 16.0 Å². The number of hydrogen-bond donors (Lipinski definition) is 3. The molecular weight excluding hydrogens is 630 g/mol. The molecule has 3 N–H and O–H groups in total. The molecule has 0 fully saturated rings. The van der Waals surface area contributed by atoms with Gasteiger partial charge >= 0.3 is 0 Å². The van der Waals surface area contributed by atoms with Crippen LogP contribution < -0.4 is 20.7 Å². The van der Waals surface area contributed by atoms with Crippen LogP contribution >= 0.6 is 23.4 Å². The van der Waals surface area contributed by atoms with Crippen LogP contribution in [-0.4, -0.2) is 24.8 Å². The van der Waals surface area contributed by atoms with E-state index in [4.69, 9.17) is 16.3 Å². The Labute approximate surface area is 283 Å². The number of thioether (sulfide) groups is 1. The maximum atomic E-state index is 13.5. The lowest BCUT2D eigenvalue weighted by molar-refractivity contribution is -0.116. The molecule has 0 radical (unpaired) electrons. The van der Waals surface area contributed by atoms with Gasteiger partial charge in [-0.15, -0.1) is 11.8 Å². The van der Waals surface area contributed by atoms with Crippen molar-refractivity contribution in [2.24, 2.45) is 0 Å². The normalized spacial score (nSPS) is 11.7. The Morgan fingerprint density at radius 2 is 1.45 bits per heavy atom. The third-order valence-corrected chi connectivity index (χ3v) is 8.75. The van der Waals surface area contributed by atoms with Gasteiger partial charge in [-0.1, -0.05) is 78.3 Å². The molecule has 0 bridgehead atoms. The van der Waals surface area contributed by atoms with Crippen molar-refractivity contribution in [2.75, 3.05) is 17.7 Å². The van der Waals surface area contributed by atoms with Gasteiger partial charge in [0.1, 0.15) is 16.7 Å². The third-order valence-electron chi connectivity index (χ3n) is 7.08. The van der Waals surface area contributed by atoms with Crippen molar-refractivity contribution in [3.63, 3.8) is 0 Å². The lowest BCUT2D eigenvalue weighted by atomic mass is 10.1. The lowest BCUT2D eigenvalue weighted by Gasteiger charge is -2.18. The fourth-order valence-corrected chi connectivity index (χ4v) is 5.78. The van der Waals surface area contributed by atoms with Crippen LogP contribution in [0.5, 0.6) is 5.75 Å². The van der Waals surface area contributed by atoms with E-state index in [-0.39, 0.29) is 11.6 Å². The van der Waals surface area contributed by atoms with Crippen LogP contribution in [-0.2, 0) is 9.59 Å². The maximum Gasteiger partial charge on any atom is 0.272 e. The van der Waals surface area contributed by atoms with Crippen LogP contribution in [0.2, 0.25) is 5.02 Å². The molecule has 47 heavy (non-hydrogen) atoms. The largest absolute Gasteiger partial charge is 0.497 e. The number of amides is 3. The number of carbonyl (C=O) groups is 3. The van der Waals surface area contributed by atoms with Gasteiger partial charge in [-0.05, 0) is 90.4 Å². The molecular formula is C38H32ClN3O4S. The average Bonchev–Trinajstić information content (AvgIpc) is 3.10. The monoisotopic (exact) mass is 661 g/mol. The zero-order chi connectivity index (χ0) is 33.2. The van der Waals surface area contributed by atoms with E-state index < -0.39 is 17.1 Å². The van der Waals surface area contributed by atoms with Crippen molar-refractivity contribution in [1.29, 1.82) is 0 Å². The van der Waals surface area contributed by atoms with Crippen molar-refractivity contribution >= 4 is 58.5 Å². The average molecular weight is 662 g/mol. The second-order valence-electron chi connectivity index (χ2n) is 10.5. The van der Waals surface area contributed by atoms with Gasteiger partial charge in [-0.2, -0.15) is 0 Å². The first-order chi connectivity index (χ1) is 22.8. The molecule has 0 spiro atoms. The summed E-state index contributed by atoms with van der Waals surface area (Å²) < 4.78 is 5.31. The van der Waals surface area contributed by atoms with Crippen LogP contribution in [0.25, 0.3) is 6.08 Å². The van der Waals surface area contributed by atoms with Crippen LogP contribution in [0.15, 0.2) is 138 Å². The molecule has 0 aliphatic carbocycles. The Morgan fingerprint density at radius 1 is 0.766 bits per heavy atom. The first kappa shape index (κ1) is 33.1. The number of nitrogens with one attached hydrogen (secondary N) is 3. The zero-order valence-electron chi connectivity index (χ0n) is 25.7. The molecule has 1 unspecified atom stereocenters. The summed E-state index contributed by atoms with van der Waals surface area (Å²) in [6.45, 7) is 1.90. The fraction of sp³-hybridized carbons (Fsp3) is 0.0789. The van der Waals surface area contributed by atoms with Gasteiger partial charge in [-0.3, -0.25) is 14.4 Å². The molecule has 5 rings (SSSR count). The van der Waals surface area contributed by atoms with Crippen molar-refractivity contribution in [3.8, 4) is 5.75 Å². The van der Waals surface area contributed by atoms with Crippen LogP contribution in [0.1, 0.15) is 32.3 Å². The van der Waals surface area contributed by atoms with Gasteiger partial charge in [-0.25, -0.2) is 0 Å². The van der Waals surface area contributed by atoms with Crippen LogP contribution in [0.4, 0.5) is 11.4 Å². The number of halogens is 1. The van der Waals surface area contributed by atoms with Gasteiger partial charge in [0, 0.05) is 26.9 Å². The van der Waals surface area contributed by atoms with E-state index in [9.17, 15) is 14.4 Å². The first-order valence-corrected chi connectivity index (χ1v) is 16.0. The van der Waals surface area contributed by atoms with Gasteiger partial charge in [0.25, 0.3) is 11.8 Å². The fourth-order valence-electron chi connectivity index (χ4n) is 4.57. The number of carbonyl (C=O) groups excluding carboxylic acids is 3. The van der Waals surface area contributed by atoms with Gasteiger partial charge in [0.15, 0.2) is 0 Å². The molecule has 7 nitrogen and oxygen atoms in total. The minimum Gasteiger partial charge on any atom is -0.497 e. The summed E-state index contributed by atoms with van der Waals surface area (Å²) in [7, 11) is 1.56. The van der Waals surface area contributed by atoms with E-state index in [1.165, 1.54) is 11.8 Å². The Balaban J connectivity index is 1.33. The Hall–Kier alpha value is -5.31. The summed E-state index contributed by atoms with van der Waals surface area (Å²) in [6.07, 6.45) is 1.59. The molecule has 0 aromatic heterocycles. The minimum atomic E-state index is -0.553. The molecule has 0 heterocycles. The Kier molecular flexibility index (Phi) is 11.1. The zero-order valence-corrected chi connectivity index (χ0v) is 27.3. The van der Waals surface area contributed by atoms with Gasteiger partial charge < -0.3 is 20.7 Å². The summed E-state index contributed by atoms with van der Waals surface area (Å²) >= 11 is 7.67. The topological polar surface area (TPSA) is 96.5 Å². The highest BCUT2D eigenvalue weighted by Crippen LogP contribution is 2.37. The second-order valence-corrected chi connectivity index (χ2v) is 12.1. The molecule has 1 atom stereocenters. The number of aryl methyl sites for hydroxylation is 1. The maximum absolute atomic E-state index is 13.5. The lowest BCUT2D eigenvalue weighted by Crippen LogP contribution is -2.30. The highest BCUT2D eigenvalue weighted by molar-refractivity contribution is 8.00. The summed E-state index contributed by atoms with van der Waals surface area (Å²) in [5.41, 5.74) is 4.04. The van der Waals surface area contributed by atoms with Crippen molar-refractivity contribution in [2.45, 2.75) is 17.1 Å². The summed E-state index contributed by atoms with van der Waals surface area (Å²) in [5.74, 6) is -0.498. The molecule has 5 aromatic rings.